The average Bonchev–Trinajstić information content (AvgIpc) is 2.89. The molecule has 4 rings (SSSR count). The molecule has 0 atom stereocenters. The Balaban J connectivity index is 1.49. The van der Waals surface area contributed by atoms with E-state index >= 15 is 0 Å². The molecule has 1 aliphatic heterocycles. The lowest BCUT2D eigenvalue weighted by atomic mass is 10.1. The second-order valence-electron chi connectivity index (χ2n) is 8.39. The SMILES string of the molecule is COc1ccc(C(=O)N2CCN(c3cc(Cl)ccc3C)CC2)cc1S(=O)(=O)NCc1ccccc1. The van der Waals surface area contributed by atoms with Gasteiger partial charge in [0.1, 0.15) is 10.6 Å². The molecule has 1 fully saturated rings. The molecule has 1 aliphatic rings. The van der Waals surface area contributed by atoms with E-state index in [1.807, 2.05) is 55.5 Å². The number of benzene rings is 3. The lowest BCUT2D eigenvalue weighted by molar-refractivity contribution is 0.0746. The smallest absolute Gasteiger partial charge is 0.254 e. The van der Waals surface area contributed by atoms with Gasteiger partial charge in [0.05, 0.1) is 7.11 Å². The quantitative estimate of drug-likeness (QED) is 0.514. The van der Waals surface area contributed by atoms with E-state index in [9.17, 15) is 13.2 Å². The second-order valence-corrected chi connectivity index (χ2v) is 10.6. The molecule has 0 bridgehead atoms. The highest BCUT2D eigenvalue weighted by molar-refractivity contribution is 7.89. The van der Waals surface area contributed by atoms with Crippen LogP contribution >= 0.6 is 11.6 Å². The minimum Gasteiger partial charge on any atom is -0.495 e. The number of piperazine rings is 1. The van der Waals surface area contributed by atoms with Crippen molar-refractivity contribution in [1.82, 2.24) is 9.62 Å². The summed E-state index contributed by atoms with van der Waals surface area (Å²) in [5.41, 5.74) is 3.32. The van der Waals surface area contributed by atoms with Crippen molar-refractivity contribution in [3.8, 4) is 5.75 Å². The number of hydrogen-bond donors (Lipinski definition) is 1. The fraction of sp³-hybridized carbons (Fsp3) is 0.269. The third-order valence-corrected chi connectivity index (χ3v) is 7.75. The zero-order valence-corrected chi connectivity index (χ0v) is 21.3. The number of sulfonamides is 1. The molecule has 3 aromatic rings. The maximum atomic E-state index is 13.3. The van der Waals surface area contributed by atoms with E-state index in [4.69, 9.17) is 16.3 Å². The summed E-state index contributed by atoms with van der Waals surface area (Å²) in [6.07, 6.45) is 0. The van der Waals surface area contributed by atoms with Crippen LogP contribution in [0.5, 0.6) is 5.75 Å². The summed E-state index contributed by atoms with van der Waals surface area (Å²) >= 11 is 6.17. The number of carbonyl (C=O) groups excluding carboxylic acids is 1. The Bertz CT molecular complexity index is 1310. The van der Waals surface area contributed by atoms with E-state index in [1.165, 1.54) is 19.2 Å². The first kappa shape index (κ1) is 25.0. The highest BCUT2D eigenvalue weighted by Gasteiger charge is 2.26. The molecule has 0 radical (unpaired) electrons. The van der Waals surface area contributed by atoms with Gasteiger partial charge >= 0.3 is 0 Å². The van der Waals surface area contributed by atoms with Crippen LogP contribution in [0.25, 0.3) is 0 Å². The van der Waals surface area contributed by atoms with Gasteiger partial charge in [0, 0.05) is 49.0 Å². The monoisotopic (exact) mass is 513 g/mol. The molecular formula is C26H28ClN3O4S. The molecule has 7 nitrogen and oxygen atoms in total. The maximum Gasteiger partial charge on any atom is 0.254 e. The molecule has 1 amide bonds. The third-order valence-electron chi connectivity index (χ3n) is 6.09. The zero-order chi connectivity index (χ0) is 25.0. The van der Waals surface area contributed by atoms with Gasteiger partial charge in [-0.2, -0.15) is 0 Å². The van der Waals surface area contributed by atoms with Crippen LogP contribution in [-0.2, 0) is 16.6 Å². The molecule has 1 N–H and O–H groups in total. The second kappa shape index (κ2) is 10.7. The van der Waals surface area contributed by atoms with E-state index in [0.29, 0.717) is 36.8 Å². The number of nitrogens with one attached hydrogen (secondary N) is 1. The average molecular weight is 514 g/mol. The molecule has 1 saturated heterocycles. The van der Waals surface area contributed by atoms with Crippen molar-refractivity contribution in [2.24, 2.45) is 0 Å². The first-order valence-electron chi connectivity index (χ1n) is 11.3. The lowest BCUT2D eigenvalue weighted by Crippen LogP contribution is -2.49. The molecule has 0 saturated carbocycles. The van der Waals surface area contributed by atoms with Crippen molar-refractivity contribution in [3.05, 3.63) is 88.4 Å². The lowest BCUT2D eigenvalue weighted by Gasteiger charge is -2.37. The minimum atomic E-state index is -3.91. The van der Waals surface area contributed by atoms with Crippen LogP contribution in [0, 0.1) is 6.92 Å². The molecule has 35 heavy (non-hydrogen) atoms. The molecule has 0 aliphatic carbocycles. The number of aryl methyl sites for hydroxylation is 1. The number of halogens is 1. The molecule has 0 aromatic heterocycles. The summed E-state index contributed by atoms with van der Waals surface area (Å²) in [7, 11) is -2.50. The number of ether oxygens (including phenoxy) is 1. The normalized spacial score (nSPS) is 14.1. The predicted molar refractivity (Wildman–Crippen MR) is 138 cm³/mol. The van der Waals surface area contributed by atoms with Gasteiger partial charge < -0.3 is 14.5 Å². The van der Waals surface area contributed by atoms with Gasteiger partial charge in [-0.25, -0.2) is 13.1 Å². The van der Waals surface area contributed by atoms with E-state index in [2.05, 4.69) is 9.62 Å². The number of methoxy groups -OCH3 is 1. The van der Waals surface area contributed by atoms with Gasteiger partial charge in [0.15, 0.2) is 0 Å². The number of carbonyl (C=O) groups is 1. The summed E-state index contributed by atoms with van der Waals surface area (Å²) in [4.78, 5) is 17.1. The number of nitrogens with zero attached hydrogens (tertiary/aromatic N) is 2. The van der Waals surface area contributed by atoms with Gasteiger partial charge in [-0.3, -0.25) is 4.79 Å². The Morgan fingerprint density at radius 1 is 1.00 bits per heavy atom. The van der Waals surface area contributed by atoms with Crippen molar-refractivity contribution in [2.75, 3.05) is 38.2 Å². The Morgan fingerprint density at radius 3 is 2.40 bits per heavy atom. The topological polar surface area (TPSA) is 79.0 Å². The molecule has 3 aromatic carbocycles. The fourth-order valence-corrected chi connectivity index (χ4v) is 5.50. The van der Waals surface area contributed by atoms with Crippen molar-refractivity contribution in [1.29, 1.82) is 0 Å². The summed E-state index contributed by atoms with van der Waals surface area (Å²) < 4.78 is 34.0. The molecule has 0 spiro atoms. The van der Waals surface area contributed by atoms with Crippen LogP contribution in [0.15, 0.2) is 71.6 Å². The van der Waals surface area contributed by atoms with Gasteiger partial charge in [-0.05, 0) is 48.4 Å². The van der Waals surface area contributed by atoms with Crippen molar-refractivity contribution >= 4 is 33.2 Å². The Kier molecular flexibility index (Phi) is 7.64. The summed E-state index contributed by atoms with van der Waals surface area (Å²) in [5, 5.41) is 0.678. The number of amides is 1. The highest BCUT2D eigenvalue weighted by Crippen LogP contribution is 2.28. The van der Waals surface area contributed by atoms with Gasteiger partial charge in [-0.15, -0.1) is 0 Å². The van der Waals surface area contributed by atoms with E-state index < -0.39 is 10.0 Å². The van der Waals surface area contributed by atoms with Gasteiger partial charge in [0.25, 0.3) is 5.91 Å². The standard InChI is InChI=1S/C26H28ClN3O4S/c1-19-8-10-22(27)17-23(19)29-12-14-30(15-13-29)26(31)21-9-11-24(34-2)25(16-21)35(32,33)28-18-20-6-4-3-5-7-20/h3-11,16-17,28H,12-15,18H2,1-2H3. The van der Waals surface area contributed by atoms with E-state index in [1.54, 1.807) is 11.0 Å². The van der Waals surface area contributed by atoms with E-state index in [0.717, 1.165) is 16.8 Å². The Morgan fingerprint density at radius 2 is 1.71 bits per heavy atom. The number of rotatable bonds is 7. The van der Waals surface area contributed by atoms with Crippen LogP contribution in [0.2, 0.25) is 5.02 Å². The molecule has 184 valence electrons. The van der Waals surface area contributed by atoms with Gasteiger partial charge in [0.2, 0.25) is 10.0 Å². The Hall–Kier alpha value is -3.07. The molecule has 9 heteroatoms. The van der Waals surface area contributed by atoms with Crippen LogP contribution in [0.1, 0.15) is 21.5 Å². The maximum absolute atomic E-state index is 13.3. The first-order chi connectivity index (χ1) is 16.8. The Labute approximate surface area is 211 Å². The molecular weight excluding hydrogens is 486 g/mol. The minimum absolute atomic E-state index is 0.0602. The third kappa shape index (κ3) is 5.78. The summed E-state index contributed by atoms with van der Waals surface area (Å²) in [6.45, 7) is 4.53. The van der Waals surface area contributed by atoms with Crippen molar-refractivity contribution < 1.29 is 17.9 Å². The first-order valence-corrected chi connectivity index (χ1v) is 13.2. The van der Waals surface area contributed by atoms with Crippen molar-refractivity contribution in [2.45, 2.75) is 18.4 Å². The molecule has 0 unspecified atom stereocenters. The predicted octanol–water partition coefficient (Wildman–Crippen LogP) is 4.10. The number of anilines is 1. The summed E-state index contributed by atoms with van der Waals surface area (Å²) in [5.74, 6) is -0.0296. The van der Waals surface area contributed by atoms with Crippen molar-refractivity contribution in [3.63, 3.8) is 0 Å². The van der Waals surface area contributed by atoms with Gasteiger partial charge in [-0.1, -0.05) is 48.0 Å². The van der Waals surface area contributed by atoms with Crippen LogP contribution in [0.3, 0.4) is 0 Å². The van der Waals surface area contributed by atoms with Crippen LogP contribution in [0.4, 0.5) is 5.69 Å². The highest BCUT2D eigenvalue weighted by atomic mass is 35.5. The number of hydrogen-bond acceptors (Lipinski definition) is 5. The van der Waals surface area contributed by atoms with Crippen LogP contribution < -0.4 is 14.4 Å². The van der Waals surface area contributed by atoms with Crippen LogP contribution in [-0.4, -0.2) is 52.5 Å². The summed E-state index contributed by atoms with van der Waals surface area (Å²) in [6, 6.07) is 19.5. The van der Waals surface area contributed by atoms with E-state index in [-0.39, 0.29) is 23.1 Å². The zero-order valence-electron chi connectivity index (χ0n) is 19.7. The fourth-order valence-electron chi connectivity index (χ4n) is 4.13. The largest absolute Gasteiger partial charge is 0.495 e. The molecule has 1 heterocycles.